The first kappa shape index (κ1) is 20.0. The van der Waals surface area contributed by atoms with E-state index in [1.165, 1.54) is 6.07 Å². The number of nitrogens with zero attached hydrogens (tertiary/aromatic N) is 2. The Morgan fingerprint density at radius 3 is 2.44 bits per heavy atom. The number of hydrogen-bond acceptors (Lipinski definition) is 3. The lowest BCUT2D eigenvalue weighted by Crippen LogP contribution is -2.48. The first-order valence-electron chi connectivity index (χ1n) is 8.99. The highest BCUT2D eigenvalue weighted by Gasteiger charge is 2.50. The van der Waals surface area contributed by atoms with Crippen LogP contribution in [0.15, 0.2) is 18.2 Å². The third kappa shape index (κ3) is 3.78. The predicted molar refractivity (Wildman–Crippen MR) is 104 cm³/mol. The van der Waals surface area contributed by atoms with Crippen molar-refractivity contribution in [1.29, 1.82) is 0 Å². The second kappa shape index (κ2) is 7.32. The Balaban J connectivity index is 1.79. The highest BCUT2D eigenvalue weighted by atomic mass is 35.5. The van der Waals surface area contributed by atoms with E-state index in [1.807, 2.05) is 0 Å². The SMILES string of the molecule is C[C@@H]1C[C@@H](C)CN(C(=O)CN2C(=O)N[C@](C)(c3ccc(Cl)cc3Cl)C2=O)C1. The molecule has 3 rings (SSSR count). The number of halogens is 2. The van der Waals surface area contributed by atoms with Crippen LogP contribution in [-0.4, -0.2) is 47.3 Å². The lowest BCUT2D eigenvalue weighted by atomic mass is 9.91. The quantitative estimate of drug-likeness (QED) is 0.775. The fraction of sp³-hybridized carbons (Fsp3) is 0.526. The minimum atomic E-state index is -1.33. The van der Waals surface area contributed by atoms with Gasteiger partial charge in [0.05, 0.1) is 0 Å². The minimum absolute atomic E-state index is 0.219. The van der Waals surface area contributed by atoms with Crippen LogP contribution in [0.1, 0.15) is 32.8 Å². The van der Waals surface area contributed by atoms with E-state index in [4.69, 9.17) is 23.2 Å². The summed E-state index contributed by atoms with van der Waals surface area (Å²) >= 11 is 12.2. The molecule has 2 heterocycles. The molecular weight excluding hydrogens is 389 g/mol. The third-order valence-corrected chi connectivity index (χ3v) is 5.81. The second-order valence-electron chi connectivity index (χ2n) is 7.82. The molecule has 2 aliphatic heterocycles. The van der Waals surface area contributed by atoms with Gasteiger partial charge in [0.15, 0.2) is 0 Å². The van der Waals surface area contributed by atoms with Gasteiger partial charge in [0.2, 0.25) is 5.91 Å². The third-order valence-electron chi connectivity index (χ3n) is 5.26. The number of hydrogen-bond donors (Lipinski definition) is 1. The van der Waals surface area contributed by atoms with E-state index in [9.17, 15) is 14.4 Å². The highest BCUT2D eigenvalue weighted by molar-refractivity contribution is 6.35. The molecule has 0 unspecified atom stereocenters. The fourth-order valence-electron chi connectivity index (χ4n) is 4.02. The summed E-state index contributed by atoms with van der Waals surface area (Å²) in [6, 6.07) is 4.15. The zero-order valence-corrected chi connectivity index (χ0v) is 17.1. The van der Waals surface area contributed by atoms with Gasteiger partial charge in [-0.25, -0.2) is 4.79 Å². The van der Waals surface area contributed by atoms with Crippen LogP contribution in [0, 0.1) is 11.8 Å². The largest absolute Gasteiger partial charge is 0.341 e. The Morgan fingerprint density at radius 1 is 1.22 bits per heavy atom. The normalized spacial score (nSPS) is 28.5. The van der Waals surface area contributed by atoms with Gasteiger partial charge in [-0.15, -0.1) is 0 Å². The molecule has 0 spiro atoms. The molecule has 0 bridgehead atoms. The van der Waals surface area contributed by atoms with E-state index in [0.717, 1.165) is 11.3 Å². The van der Waals surface area contributed by atoms with Crippen molar-refractivity contribution in [2.24, 2.45) is 11.8 Å². The molecule has 146 valence electrons. The molecule has 8 heteroatoms. The van der Waals surface area contributed by atoms with Gasteiger partial charge < -0.3 is 10.2 Å². The monoisotopic (exact) mass is 411 g/mol. The summed E-state index contributed by atoms with van der Waals surface area (Å²) in [6.07, 6.45) is 1.07. The summed E-state index contributed by atoms with van der Waals surface area (Å²) in [7, 11) is 0. The first-order chi connectivity index (χ1) is 12.6. The van der Waals surface area contributed by atoms with Crippen LogP contribution in [0.4, 0.5) is 4.79 Å². The molecule has 27 heavy (non-hydrogen) atoms. The summed E-state index contributed by atoms with van der Waals surface area (Å²) in [4.78, 5) is 40.9. The Labute approximate surface area is 168 Å². The van der Waals surface area contributed by atoms with Crippen molar-refractivity contribution in [1.82, 2.24) is 15.1 Å². The van der Waals surface area contributed by atoms with Gasteiger partial charge in [-0.1, -0.05) is 43.1 Å². The van der Waals surface area contributed by atoms with Gasteiger partial charge in [0, 0.05) is 28.7 Å². The molecule has 0 radical (unpaired) electrons. The molecule has 2 saturated heterocycles. The highest BCUT2D eigenvalue weighted by Crippen LogP contribution is 2.35. The lowest BCUT2D eigenvalue weighted by Gasteiger charge is -2.35. The van der Waals surface area contributed by atoms with E-state index in [2.05, 4.69) is 19.2 Å². The van der Waals surface area contributed by atoms with Crippen LogP contribution in [0.25, 0.3) is 0 Å². The average molecular weight is 412 g/mol. The smallest absolute Gasteiger partial charge is 0.325 e. The van der Waals surface area contributed by atoms with Crippen LogP contribution in [0.3, 0.4) is 0 Å². The van der Waals surface area contributed by atoms with Crippen molar-refractivity contribution in [3.05, 3.63) is 33.8 Å². The number of benzene rings is 1. The van der Waals surface area contributed by atoms with Crippen molar-refractivity contribution in [3.63, 3.8) is 0 Å². The number of imide groups is 1. The van der Waals surface area contributed by atoms with Gasteiger partial charge in [0.25, 0.3) is 5.91 Å². The van der Waals surface area contributed by atoms with Gasteiger partial charge in [-0.05, 0) is 37.3 Å². The summed E-state index contributed by atoms with van der Waals surface area (Å²) in [5, 5.41) is 3.39. The summed E-state index contributed by atoms with van der Waals surface area (Å²) in [5.74, 6) is 0.0874. The van der Waals surface area contributed by atoms with E-state index in [-0.39, 0.29) is 17.5 Å². The minimum Gasteiger partial charge on any atom is -0.341 e. The molecule has 1 aromatic carbocycles. The summed E-state index contributed by atoms with van der Waals surface area (Å²) in [6.45, 7) is 6.80. The second-order valence-corrected chi connectivity index (χ2v) is 8.66. The molecular formula is C19H23Cl2N3O3. The zero-order valence-electron chi connectivity index (χ0n) is 15.6. The fourth-order valence-corrected chi connectivity index (χ4v) is 4.62. The van der Waals surface area contributed by atoms with Crippen molar-refractivity contribution in [2.75, 3.05) is 19.6 Å². The Morgan fingerprint density at radius 2 is 1.85 bits per heavy atom. The number of amides is 4. The molecule has 1 N–H and O–H groups in total. The number of likely N-dealkylation sites (tertiary alicyclic amines) is 1. The molecule has 0 aliphatic carbocycles. The van der Waals surface area contributed by atoms with Crippen LogP contribution >= 0.6 is 23.2 Å². The molecule has 2 fully saturated rings. The van der Waals surface area contributed by atoms with Crippen LogP contribution in [0.5, 0.6) is 0 Å². The predicted octanol–water partition coefficient (Wildman–Crippen LogP) is 3.26. The van der Waals surface area contributed by atoms with E-state index < -0.39 is 17.5 Å². The number of nitrogens with one attached hydrogen (secondary N) is 1. The standard InChI is InChI=1S/C19H23Cl2N3O3/c1-11-6-12(2)9-23(8-11)16(25)10-24-17(26)19(3,22-18(24)27)14-5-4-13(20)7-15(14)21/h4-5,7,11-12H,6,8-10H2,1-3H3,(H,22,27)/t11-,12-,19-/m1/s1. The van der Waals surface area contributed by atoms with Gasteiger partial charge in [-0.2, -0.15) is 0 Å². The maximum atomic E-state index is 13.0. The van der Waals surface area contributed by atoms with Crippen molar-refractivity contribution in [2.45, 2.75) is 32.7 Å². The molecule has 2 aliphatic rings. The van der Waals surface area contributed by atoms with Gasteiger partial charge in [0.1, 0.15) is 12.1 Å². The van der Waals surface area contributed by atoms with Crippen molar-refractivity contribution in [3.8, 4) is 0 Å². The Kier molecular flexibility index (Phi) is 5.41. The van der Waals surface area contributed by atoms with Crippen molar-refractivity contribution < 1.29 is 14.4 Å². The van der Waals surface area contributed by atoms with Gasteiger partial charge >= 0.3 is 6.03 Å². The lowest BCUT2D eigenvalue weighted by molar-refractivity contribution is -0.140. The molecule has 6 nitrogen and oxygen atoms in total. The number of urea groups is 1. The van der Waals surface area contributed by atoms with Crippen LogP contribution in [-0.2, 0) is 15.1 Å². The summed E-state index contributed by atoms with van der Waals surface area (Å²) < 4.78 is 0. The molecule has 1 aromatic rings. The molecule has 3 atom stereocenters. The van der Waals surface area contributed by atoms with Gasteiger partial charge in [-0.3, -0.25) is 14.5 Å². The van der Waals surface area contributed by atoms with E-state index in [0.29, 0.717) is 35.5 Å². The van der Waals surface area contributed by atoms with Crippen LogP contribution in [0.2, 0.25) is 10.0 Å². The number of carbonyl (C=O) groups is 3. The summed E-state index contributed by atoms with van der Waals surface area (Å²) in [5.41, 5.74) is -0.885. The maximum absolute atomic E-state index is 13.0. The molecule has 0 saturated carbocycles. The van der Waals surface area contributed by atoms with E-state index >= 15 is 0 Å². The number of rotatable bonds is 3. The topological polar surface area (TPSA) is 69.7 Å². The molecule has 4 amide bonds. The number of carbonyl (C=O) groups excluding carboxylic acids is 3. The van der Waals surface area contributed by atoms with Crippen molar-refractivity contribution >= 4 is 41.0 Å². The Hall–Kier alpha value is -1.79. The maximum Gasteiger partial charge on any atom is 0.325 e. The van der Waals surface area contributed by atoms with E-state index in [1.54, 1.807) is 24.0 Å². The first-order valence-corrected chi connectivity index (χ1v) is 9.75. The Bertz CT molecular complexity index is 790. The zero-order chi connectivity index (χ0) is 19.9. The number of piperidine rings is 1. The average Bonchev–Trinajstić information content (AvgIpc) is 2.77. The molecule has 0 aromatic heterocycles. The van der Waals surface area contributed by atoms with Crippen LogP contribution < -0.4 is 5.32 Å².